The maximum atomic E-state index is 2.32. The van der Waals surface area contributed by atoms with Gasteiger partial charge in [0.2, 0.25) is 0 Å². The first-order valence-corrected chi connectivity index (χ1v) is 12.5. The molecular weight excluding hydrogens is 432 g/mol. The van der Waals surface area contributed by atoms with Crippen molar-refractivity contribution in [2.24, 2.45) is 0 Å². The van der Waals surface area contributed by atoms with Crippen LogP contribution in [0.3, 0.4) is 0 Å². The highest BCUT2D eigenvalue weighted by atomic mass is 14.2. The van der Waals surface area contributed by atoms with Crippen LogP contribution in [0, 0.1) is 0 Å². The molecule has 8 aromatic carbocycles. The second kappa shape index (κ2) is 7.41. The summed E-state index contributed by atoms with van der Waals surface area (Å²) in [5.74, 6) is 0. The molecule has 0 unspecified atom stereocenters. The summed E-state index contributed by atoms with van der Waals surface area (Å²) in [6.45, 7) is 0. The van der Waals surface area contributed by atoms with Gasteiger partial charge in [0.15, 0.2) is 0 Å². The number of fused-ring (bicyclic) bond motifs is 2. The monoisotopic (exact) mass is 454 g/mol. The molecule has 0 nitrogen and oxygen atoms in total. The highest BCUT2D eigenvalue weighted by molar-refractivity contribution is 6.28. The van der Waals surface area contributed by atoms with Crippen LogP contribution in [-0.4, -0.2) is 0 Å². The Balaban J connectivity index is 1.49. The summed E-state index contributed by atoms with van der Waals surface area (Å²) < 4.78 is 0. The Hall–Kier alpha value is -4.68. The molecule has 0 saturated carbocycles. The van der Waals surface area contributed by atoms with Crippen LogP contribution in [-0.2, 0) is 0 Å². The van der Waals surface area contributed by atoms with Crippen molar-refractivity contribution in [2.75, 3.05) is 0 Å². The molecule has 0 spiro atoms. The van der Waals surface area contributed by atoms with Crippen LogP contribution in [0.15, 0.2) is 133 Å². The van der Waals surface area contributed by atoms with E-state index in [2.05, 4.69) is 133 Å². The van der Waals surface area contributed by atoms with E-state index in [1.165, 1.54) is 76.1 Å². The van der Waals surface area contributed by atoms with Crippen molar-refractivity contribution in [2.45, 2.75) is 0 Å². The smallest absolute Gasteiger partial charge is 0.00203 e. The predicted molar refractivity (Wildman–Crippen MR) is 156 cm³/mol. The van der Waals surface area contributed by atoms with E-state index in [4.69, 9.17) is 0 Å². The molecule has 0 bridgehead atoms. The van der Waals surface area contributed by atoms with E-state index in [9.17, 15) is 0 Å². The van der Waals surface area contributed by atoms with Gasteiger partial charge in [0.1, 0.15) is 0 Å². The lowest BCUT2D eigenvalue weighted by atomic mass is 9.86. The minimum atomic E-state index is 1.28. The molecule has 0 heterocycles. The van der Waals surface area contributed by atoms with Crippen LogP contribution < -0.4 is 0 Å². The van der Waals surface area contributed by atoms with Crippen molar-refractivity contribution in [3.63, 3.8) is 0 Å². The van der Waals surface area contributed by atoms with Gasteiger partial charge in [-0.05, 0) is 76.1 Å². The lowest BCUT2D eigenvalue weighted by molar-refractivity contribution is 1.69. The largest absolute Gasteiger partial charge is 0.0616 e. The van der Waals surface area contributed by atoms with Crippen LogP contribution in [0.5, 0.6) is 0 Å². The minimum Gasteiger partial charge on any atom is -0.0616 e. The molecule has 0 heteroatoms. The molecule has 0 atom stereocenters. The van der Waals surface area contributed by atoms with Gasteiger partial charge >= 0.3 is 0 Å². The minimum absolute atomic E-state index is 1.28. The molecule has 36 heavy (non-hydrogen) atoms. The van der Waals surface area contributed by atoms with Gasteiger partial charge in [-0.15, -0.1) is 0 Å². The van der Waals surface area contributed by atoms with Crippen LogP contribution in [0.4, 0.5) is 0 Å². The number of hydrogen-bond donors (Lipinski definition) is 0. The normalized spacial score (nSPS) is 11.9. The fourth-order valence-corrected chi connectivity index (χ4v) is 6.19. The molecule has 166 valence electrons. The summed E-state index contributed by atoms with van der Waals surface area (Å²) in [5, 5.41) is 13.1. The maximum absolute atomic E-state index is 2.32. The predicted octanol–water partition coefficient (Wildman–Crippen LogP) is 10.2. The van der Waals surface area contributed by atoms with E-state index >= 15 is 0 Å². The zero-order valence-electron chi connectivity index (χ0n) is 19.7. The standard InChI is InChI=1S/C36H22/c1-3-11-27-23(7-1)9-5-13-29(27)31-19-15-25-18-22-34-32(20-16-26-17-21-33(31)35(25)36(26)34)30-14-6-10-24-8-2-4-12-28(24)30/h1-22H. The molecule has 0 aliphatic heterocycles. The van der Waals surface area contributed by atoms with Crippen LogP contribution in [0.2, 0.25) is 0 Å². The van der Waals surface area contributed by atoms with Crippen molar-refractivity contribution in [1.82, 2.24) is 0 Å². The van der Waals surface area contributed by atoms with E-state index in [-0.39, 0.29) is 0 Å². The number of benzene rings is 8. The summed E-state index contributed by atoms with van der Waals surface area (Å²) in [6, 6.07) is 49.1. The lowest BCUT2D eigenvalue weighted by Crippen LogP contribution is -1.90. The molecule has 0 radical (unpaired) electrons. The van der Waals surface area contributed by atoms with E-state index in [1.807, 2.05) is 0 Å². The molecule has 0 amide bonds. The molecule has 0 aliphatic carbocycles. The van der Waals surface area contributed by atoms with E-state index < -0.39 is 0 Å². The summed E-state index contributed by atoms with van der Waals surface area (Å²) in [5.41, 5.74) is 5.18. The molecule has 0 N–H and O–H groups in total. The third kappa shape index (κ3) is 2.70. The van der Waals surface area contributed by atoms with E-state index in [1.54, 1.807) is 0 Å². The second-order valence-electron chi connectivity index (χ2n) is 9.70. The first-order chi connectivity index (χ1) is 17.9. The van der Waals surface area contributed by atoms with Crippen molar-refractivity contribution >= 4 is 53.9 Å². The second-order valence-corrected chi connectivity index (χ2v) is 9.70. The van der Waals surface area contributed by atoms with Crippen molar-refractivity contribution in [1.29, 1.82) is 0 Å². The molecule has 8 aromatic rings. The Kier molecular flexibility index (Phi) is 4.03. The van der Waals surface area contributed by atoms with Crippen molar-refractivity contribution in [3.05, 3.63) is 133 Å². The average Bonchev–Trinajstić information content (AvgIpc) is 2.95. The van der Waals surface area contributed by atoms with Gasteiger partial charge in [0.05, 0.1) is 0 Å². The number of rotatable bonds is 2. The summed E-state index contributed by atoms with van der Waals surface area (Å²) in [6.07, 6.45) is 0. The summed E-state index contributed by atoms with van der Waals surface area (Å²) >= 11 is 0. The Bertz CT molecular complexity index is 1930. The van der Waals surface area contributed by atoms with Gasteiger partial charge < -0.3 is 0 Å². The van der Waals surface area contributed by atoms with Gasteiger partial charge in [-0.1, -0.05) is 133 Å². The maximum Gasteiger partial charge on any atom is -0.00203 e. The Morgan fingerprint density at radius 1 is 0.222 bits per heavy atom. The highest BCUT2D eigenvalue weighted by Gasteiger charge is 2.16. The quantitative estimate of drug-likeness (QED) is 0.228. The van der Waals surface area contributed by atoms with E-state index in [0.29, 0.717) is 0 Å². The van der Waals surface area contributed by atoms with Crippen LogP contribution in [0.1, 0.15) is 0 Å². The van der Waals surface area contributed by atoms with Gasteiger partial charge in [0.25, 0.3) is 0 Å². The Morgan fingerprint density at radius 3 is 1.11 bits per heavy atom. The first-order valence-electron chi connectivity index (χ1n) is 12.5. The molecule has 8 rings (SSSR count). The van der Waals surface area contributed by atoms with E-state index in [0.717, 1.165) is 0 Å². The average molecular weight is 455 g/mol. The van der Waals surface area contributed by atoms with Crippen molar-refractivity contribution in [3.8, 4) is 22.3 Å². The van der Waals surface area contributed by atoms with Crippen molar-refractivity contribution < 1.29 is 0 Å². The topological polar surface area (TPSA) is 0 Å². The third-order valence-electron chi connectivity index (χ3n) is 7.82. The number of hydrogen-bond acceptors (Lipinski definition) is 0. The summed E-state index contributed by atoms with van der Waals surface area (Å²) in [7, 11) is 0. The van der Waals surface area contributed by atoms with Gasteiger partial charge in [-0.25, -0.2) is 0 Å². The molecule has 0 aliphatic rings. The molecular formula is C36H22. The third-order valence-corrected chi connectivity index (χ3v) is 7.82. The lowest BCUT2D eigenvalue weighted by Gasteiger charge is -2.18. The van der Waals surface area contributed by atoms with Gasteiger partial charge in [-0.3, -0.25) is 0 Å². The first kappa shape index (κ1) is 19.6. The fourth-order valence-electron chi connectivity index (χ4n) is 6.19. The zero-order chi connectivity index (χ0) is 23.6. The molecule has 0 aromatic heterocycles. The van der Waals surface area contributed by atoms with Gasteiger partial charge in [0, 0.05) is 0 Å². The Labute approximate surface area is 209 Å². The molecule has 0 saturated heterocycles. The fraction of sp³-hybridized carbons (Fsp3) is 0. The zero-order valence-corrected chi connectivity index (χ0v) is 19.7. The van der Waals surface area contributed by atoms with Crippen LogP contribution >= 0.6 is 0 Å². The molecule has 0 fully saturated rings. The highest BCUT2D eigenvalue weighted by Crippen LogP contribution is 2.44. The summed E-state index contributed by atoms with van der Waals surface area (Å²) in [4.78, 5) is 0. The SMILES string of the molecule is c1ccc2c(-c3ccc4ccc5c(-c6cccc7ccccc67)ccc6ccc3c4c65)cccc2c1. The van der Waals surface area contributed by atoms with Crippen LogP contribution in [0.25, 0.3) is 76.1 Å². The van der Waals surface area contributed by atoms with Gasteiger partial charge in [-0.2, -0.15) is 0 Å². The Morgan fingerprint density at radius 2 is 0.611 bits per heavy atom.